The number of rotatable bonds is 7. The van der Waals surface area contributed by atoms with E-state index >= 15 is 0 Å². The van der Waals surface area contributed by atoms with Gasteiger partial charge in [-0.1, -0.05) is 13.8 Å². The Morgan fingerprint density at radius 3 is 2.81 bits per heavy atom. The number of fused-ring (bicyclic) bond motifs is 1. The standard InChI is InChI=1S/C23H28N8/c1-15(2)17-7-23(30-27-12-17)29-22-5-4-20-21(28-22)6-18(11-26-20)19(8-24)10-25-9-16-13-31(3)14-16/h4-8,10-12,15-16H,9,13-14,24H2,1-3H3,(H,28,29,30). The first-order valence-corrected chi connectivity index (χ1v) is 10.5. The molecular formula is C23H28N8. The number of nitrogens with two attached hydrogens (primary N) is 1. The average molecular weight is 417 g/mol. The van der Waals surface area contributed by atoms with Gasteiger partial charge in [0.1, 0.15) is 5.82 Å². The van der Waals surface area contributed by atoms with Gasteiger partial charge in [0, 0.05) is 55.3 Å². The van der Waals surface area contributed by atoms with Crippen LogP contribution >= 0.6 is 0 Å². The van der Waals surface area contributed by atoms with E-state index in [2.05, 4.69) is 51.3 Å². The lowest BCUT2D eigenvalue weighted by molar-refractivity contribution is 0.141. The molecule has 1 aliphatic heterocycles. The molecule has 0 aromatic carbocycles. The van der Waals surface area contributed by atoms with Gasteiger partial charge in [0.25, 0.3) is 0 Å². The Bertz CT molecular complexity index is 1120. The number of nitrogens with one attached hydrogen (secondary N) is 1. The fourth-order valence-electron chi connectivity index (χ4n) is 3.58. The summed E-state index contributed by atoms with van der Waals surface area (Å²) in [6, 6.07) is 7.78. The minimum Gasteiger partial charge on any atom is -0.404 e. The monoisotopic (exact) mass is 416 g/mol. The topological polar surface area (TPSA) is 105 Å². The minimum absolute atomic E-state index is 0.376. The largest absolute Gasteiger partial charge is 0.404 e. The fraction of sp³-hybridized carbons (Fsp3) is 0.348. The van der Waals surface area contributed by atoms with Gasteiger partial charge in [-0.25, -0.2) is 4.98 Å². The molecule has 0 amide bonds. The van der Waals surface area contributed by atoms with Crippen LogP contribution in [0.3, 0.4) is 0 Å². The number of aromatic nitrogens is 4. The first kappa shape index (κ1) is 20.9. The van der Waals surface area contributed by atoms with Crippen molar-refractivity contribution in [1.82, 2.24) is 25.1 Å². The van der Waals surface area contributed by atoms with Crippen LogP contribution in [0.4, 0.5) is 11.6 Å². The molecule has 0 radical (unpaired) electrons. The Morgan fingerprint density at radius 2 is 2.06 bits per heavy atom. The Labute approximate surface area is 182 Å². The highest BCUT2D eigenvalue weighted by Gasteiger charge is 2.22. The molecule has 1 saturated heterocycles. The van der Waals surface area contributed by atoms with Crippen molar-refractivity contribution in [1.29, 1.82) is 0 Å². The maximum Gasteiger partial charge on any atom is 0.154 e. The molecule has 8 nitrogen and oxygen atoms in total. The zero-order valence-electron chi connectivity index (χ0n) is 18.2. The second kappa shape index (κ2) is 9.18. The second-order valence-electron chi connectivity index (χ2n) is 8.32. The van der Waals surface area contributed by atoms with Crippen LogP contribution < -0.4 is 11.1 Å². The number of allylic oxidation sites excluding steroid dienone is 1. The quantitative estimate of drug-likeness (QED) is 0.570. The predicted molar refractivity (Wildman–Crippen MR) is 125 cm³/mol. The highest BCUT2D eigenvalue weighted by Crippen LogP contribution is 2.22. The van der Waals surface area contributed by atoms with Crippen LogP contribution in [0.1, 0.15) is 30.9 Å². The highest BCUT2D eigenvalue weighted by atomic mass is 15.2. The minimum atomic E-state index is 0.376. The SMILES string of the molecule is CC(C)c1cnnc(Nc2ccc3ncc(C(C=NCC4CN(C)C4)=CN)cc3n2)c1. The van der Waals surface area contributed by atoms with Crippen LogP contribution in [0.25, 0.3) is 16.6 Å². The summed E-state index contributed by atoms with van der Waals surface area (Å²) >= 11 is 0. The van der Waals surface area contributed by atoms with Gasteiger partial charge in [-0.05, 0) is 42.8 Å². The van der Waals surface area contributed by atoms with Gasteiger partial charge in [-0.3, -0.25) is 9.98 Å². The van der Waals surface area contributed by atoms with Gasteiger partial charge in [-0.15, -0.1) is 5.10 Å². The van der Waals surface area contributed by atoms with Crippen LogP contribution in [0.5, 0.6) is 0 Å². The van der Waals surface area contributed by atoms with Crippen molar-refractivity contribution >= 4 is 34.5 Å². The van der Waals surface area contributed by atoms with Crippen molar-refractivity contribution in [2.24, 2.45) is 16.6 Å². The molecule has 0 atom stereocenters. The number of nitrogens with zero attached hydrogens (tertiary/aromatic N) is 6. The third kappa shape index (κ3) is 5.03. The lowest BCUT2D eigenvalue weighted by atomic mass is 10.0. The van der Waals surface area contributed by atoms with Crippen LogP contribution in [0, 0.1) is 5.92 Å². The molecule has 0 aliphatic carbocycles. The summed E-state index contributed by atoms with van der Waals surface area (Å²) in [4.78, 5) is 16.1. The first-order valence-electron chi connectivity index (χ1n) is 10.5. The van der Waals surface area contributed by atoms with E-state index in [1.165, 1.54) is 0 Å². The molecule has 1 aliphatic rings. The summed E-state index contributed by atoms with van der Waals surface area (Å²) in [5, 5.41) is 11.5. The van der Waals surface area contributed by atoms with Crippen LogP contribution in [0.15, 0.2) is 47.9 Å². The van der Waals surface area contributed by atoms with Gasteiger partial charge < -0.3 is 16.0 Å². The summed E-state index contributed by atoms with van der Waals surface area (Å²) in [6.45, 7) is 7.25. The number of aliphatic imine (C=N–C) groups is 1. The zero-order chi connectivity index (χ0) is 21.8. The van der Waals surface area contributed by atoms with Gasteiger partial charge in [0.15, 0.2) is 5.82 Å². The van der Waals surface area contributed by atoms with E-state index in [1.54, 1.807) is 18.6 Å². The van der Waals surface area contributed by atoms with E-state index in [0.717, 1.165) is 47.4 Å². The summed E-state index contributed by atoms with van der Waals surface area (Å²) < 4.78 is 0. The summed E-state index contributed by atoms with van der Waals surface area (Å²) in [5.74, 6) is 2.35. The van der Waals surface area contributed by atoms with E-state index in [1.807, 2.05) is 30.5 Å². The van der Waals surface area contributed by atoms with Crippen molar-refractivity contribution in [2.45, 2.75) is 19.8 Å². The number of hydrogen-bond acceptors (Lipinski definition) is 8. The highest BCUT2D eigenvalue weighted by molar-refractivity contribution is 6.10. The smallest absolute Gasteiger partial charge is 0.154 e. The lowest BCUT2D eigenvalue weighted by Crippen LogP contribution is -2.45. The van der Waals surface area contributed by atoms with Crippen molar-refractivity contribution in [2.75, 3.05) is 32.0 Å². The van der Waals surface area contributed by atoms with Crippen molar-refractivity contribution in [3.05, 3.63) is 54.0 Å². The fourth-order valence-corrected chi connectivity index (χ4v) is 3.58. The Hall–Kier alpha value is -3.39. The van der Waals surface area contributed by atoms with Crippen LogP contribution in [-0.4, -0.2) is 58.0 Å². The molecule has 3 N–H and O–H groups in total. The summed E-state index contributed by atoms with van der Waals surface area (Å²) in [5.41, 5.74) is 10.3. The molecule has 0 unspecified atom stereocenters. The van der Waals surface area contributed by atoms with E-state index < -0.39 is 0 Å². The molecule has 1 fully saturated rings. The maximum absolute atomic E-state index is 5.87. The number of anilines is 2. The zero-order valence-corrected chi connectivity index (χ0v) is 18.2. The van der Waals surface area contributed by atoms with E-state index in [4.69, 9.17) is 10.7 Å². The first-order chi connectivity index (χ1) is 15.0. The van der Waals surface area contributed by atoms with E-state index in [-0.39, 0.29) is 0 Å². The molecule has 4 rings (SSSR count). The summed E-state index contributed by atoms with van der Waals surface area (Å²) in [6.07, 6.45) is 6.98. The van der Waals surface area contributed by atoms with Gasteiger partial charge in [-0.2, -0.15) is 5.10 Å². The maximum atomic E-state index is 5.87. The van der Waals surface area contributed by atoms with Gasteiger partial charge >= 0.3 is 0 Å². The van der Waals surface area contributed by atoms with E-state index in [0.29, 0.717) is 23.5 Å². The third-order valence-corrected chi connectivity index (χ3v) is 5.38. The molecule has 8 heteroatoms. The average Bonchev–Trinajstić information content (AvgIpc) is 2.75. The van der Waals surface area contributed by atoms with Gasteiger partial charge in [0.2, 0.25) is 0 Å². The normalized spacial score (nSPS) is 15.7. The molecule has 0 saturated carbocycles. The Balaban J connectivity index is 1.52. The molecule has 0 bridgehead atoms. The Morgan fingerprint density at radius 1 is 1.23 bits per heavy atom. The summed E-state index contributed by atoms with van der Waals surface area (Å²) in [7, 11) is 2.12. The van der Waals surface area contributed by atoms with Crippen LogP contribution in [0.2, 0.25) is 0 Å². The molecule has 4 heterocycles. The number of hydrogen-bond donors (Lipinski definition) is 2. The molecule has 0 spiro atoms. The molecule has 160 valence electrons. The molecule has 31 heavy (non-hydrogen) atoms. The molecular weight excluding hydrogens is 388 g/mol. The van der Waals surface area contributed by atoms with Crippen molar-refractivity contribution in [3.63, 3.8) is 0 Å². The third-order valence-electron chi connectivity index (χ3n) is 5.38. The number of likely N-dealkylation sites (tertiary alicyclic amines) is 1. The van der Waals surface area contributed by atoms with Crippen molar-refractivity contribution < 1.29 is 0 Å². The lowest BCUT2D eigenvalue weighted by Gasteiger charge is -2.35. The molecule has 3 aromatic heterocycles. The number of pyridine rings is 2. The van der Waals surface area contributed by atoms with Crippen LogP contribution in [-0.2, 0) is 0 Å². The molecule has 3 aromatic rings. The second-order valence-corrected chi connectivity index (χ2v) is 8.32. The predicted octanol–water partition coefficient (Wildman–Crippen LogP) is 3.22. The Kier molecular flexibility index (Phi) is 6.18. The van der Waals surface area contributed by atoms with Gasteiger partial charge in [0.05, 0.1) is 17.2 Å². The van der Waals surface area contributed by atoms with Crippen molar-refractivity contribution in [3.8, 4) is 0 Å². The van der Waals surface area contributed by atoms with E-state index in [9.17, 15) is 0 Å².